The lowest BCUT2D eigenvalue weighted by Gasteiger charge is -2.21. The van der Waals surface area contributed by atoms with E-state index in [4.69, 9.17) is 4.74 Å². The van der Waals surface area contributed by atoms with Crippen LogP contribution in [0.4, 0.5) is 0 Å². The Labute approximate surface area is 104 Å². The second-order valence-electron chi connectivity index (χ2n) is 4.54. The SMILES string of the molecule is COc1ccc2c(c1)n([O-])c1c([n+]2=O)CCCC1. The predicted octanol–water partition coefficient (Wildman–Crippen LogP) is 1.79. The van der Waals surface area contributed by atoms with Crippen LogP contribution in [-0.4, -0.2) is 11.8 Å². The van der Waals surface area contributed by atoms with Crippen molar-refractivity contribution in [1.29, 1.82) is 0 Å². The van der Waals surface area contributed by atoms with Crippen molar-refractivity contribution in [2.45, 2.75) is 25.7 Å². The van der Waals surface area contributed by atoms with Crippen LogP contribution in [0.2, 0.25) is 0 Å². The summed E-state index contributed by atoms with van der Waals surface area (Å²) in [4.78, 5) is 12.2. The van der Waals surface area contributed by atoms with Gasteiger partial charge >= 0.3 is 0 Å². The molecule has 0 aliphatic heterocycles. The number of nitrogens with zero attached hydrogens (tertiary/aromatic N) is 2. The molecule has 0 saturated heterocycles. The number of methoxy groups -OCH3 is 1. The Morgan fingerprint density at radius 1 is 1.33 bits per heavy atom. The molecule has 0 N–H and O–H groups in total. The second-order valence-corrected chi connectivity index (χ2v) is 4.54. The molecule has 1 aliphatic rings. The van der Waals surface area contributed by atoms with E-state index in [0.717, 1.165) is 22.0 Å². The fourth-order valence-electron chi connectivity index (χ4n) is 2.57. The molecule has 1 aromatic heterocycles. The summed E-state index contributed by atoms with van der Waals surface area (Å²) in [6.07, 6.45) is 3.29. The average Bonchev–Trinajstić information content (AvgIpc) is 2.44. The fourth-order valence-corrected chi connectivity index (χ4v) is 2.57. The minimum absolute atomic E-state index is 0.380. The molecule has 94 valence electrons. The summed E-state index contributed by atoms with van der Waals surface area (Å²) >= 11 is 0. The van der Waals surface area contributed by atoms with Crippen molar-refractivity contribution in [2.24, 2.45) is 0 Å². The Morgan fingerprint density at radius 2 is 2.11 bits per heavy atom. The summed E-state index contributed by atoms with van der Waals surface area (Å²) < 4.78 is 6.89. The van der Waals surface area contributed by atoms with Crippen LogP contribution in [0.5, 0.6) is 5.75 Å². The van der Waals surface area contributed by atoms with E-state index in [1.807, 2.05) is 0 Å². The summed E-state index contributed by atoms with van der Waals surface area (Å²) in [5, 5.41) is 12.3. The molecule has 0 spiro atoms. The number of hydrogen-bond donors (Lipinski definition) is 0. The first kappa shape index (κ1) is 11.1. The van der Waals surface area contributed by atoms with Crippen LogP contribution in [-0.2, 0) is 12.8 Å². The van der Waals surface area contributed by atoms with Gasteiger partial charge in [-0.3, -0.25) is 0 Å². The predicted molar refractivity (Wildman–Crippen MR) is 67.3 cm³/mol. The molecule has 5 heteroatoms. The van der Waals surface area contributed by atoms with Crippen molar-refractivity contribution in [3.63, 3.8) is 0 Å². The molecular weight excluding hydrogens is 232 g/mol. The zero-order valence-electron chi connectivity index (χ0n) is 10.2. The maximum absolute atomic E-state index is 12.3. The second kappa shape index (κ2) is 4.01. The monoisotopic (exact) mass is 246 g/mol. The maximum Gasteiger partial charge on any atom is 0.286 e. The van der Waals surface area contributed by atoms with E-state index in [2.05, 4.69) is 0 Å². The van der Waals surface area contributed by atoms with Crippen LogP contribution < -0.4 is 9.16 Å². The van der Waals surface area contributed by atoms with E-state index in [9.17, 15) is 10.1 Å². The minimum Gasteiger partial charge on any atom is -0.805 e. The quantitative estimate of drug-likeness (QED) is 0.721. The number of aromatic nitrogens is 2. The van der Waals surface area contributed by atoms with Crippen molar-refractivity contribution in [1.82, 2.24) is 4.73 Å². The highest BCUT2D eigenvalue weighted by molar-refractivity contribution is 5.74. The van der Waals surface area contributed by atoms with Crippen molar-refractivity contribution in [3.8, 4) is 5.75 Å². The third kappa shape index (κ3) is 1.47. The smallest absolute Gasteiger partial charge is 0.286 e. The maximum atomic E-state index is 12.3. The molecule has 0 radical (unpaired) electrons. The van der Waals surface area contributed by atoms with E-state index >= 15 is 0 Å². The zero-order chi connectivity index (χ0) is 12.7. The molecule has 1 aromatic carbocycles. The summed E-state index contributed by atoms with van der Waals surface area (Å²) in [7, 11) is 1.54. The summed E-state index contributed by atoms with van der Waals surface area (Å²) in [5.41, 5.74) is 2.02. The van der Waals surface area contributed by atoms with Crippen LogP contribution in [0.25, 0.3) is 11.0 Å². The minimum atomic E-state index is 0.380. The van der Waals surface area contributed by atoms with Crippen molar-refractivity contribution in [3.05, 3.63) is 39.7 Å². The first-order valence-electron chi connectivity index (χ1n) is 6.07. The Morgan fingerprint density at radius 3 is 2.89 bits per heavy atom. The zero-order valence-corrected chi connectivity index (χ0v) is 10.2. The van der Waals surface area contributed by atoms with Gasteiger partial charge in [0.25, 0.3) is 11.2 Å². The molecule has 0 bridgehead atoms. The van der Waals surface area contributed by atoms with E-state index in [0.29, 0.717) is 41.0 Å². The van der Waals surface area contributed by atoms with Gasteiger partial charge in [-0.2, -0.15) is 0 Å². The lowest BCUT2D eigenvalue weighted by atomic mass is 10.00. The molecule has 18 heavy (non-hydrogen) atoms. The molecule has 1 aliphatic carbocycles. The topological polar surface area (TPSA) is 60.2 Å². The molecule has 0 saturated carbocycles. The number of hydrogen-bond acceptors (Lipinski definition) is 3. The Hall–Kier alpha value is -2.04. The molecule has 0 fully saturated rings. The van der Waals surface area contributed by atoms with E-state index in [1.165, 1.54) is 0 Å². The van der Waals surface area contributed by atoms with Gasteiger partial charge in [0, 0.05) is 23.5 Å². The number of fused-ring (bicyclic) bond motifs is 2. The first-order chi connectivity index (χ1) is 8.72. The highest BCUT2D eigenvalue weighted by Gasteiger charge is 2.24. The molecule has 2 aromatic rings. The number of rotatable bonds is 1. The lowest BCUT2D eigenvalue weighted by molar-refractivity contribution is -0.476. The molecular formula is C13H14N2O3. The highest BCUT2D eigenvalue weighted by atomic mass is 16.5. The summed E-state index contributed by atoms with van der Waals surface area (Å²) in [6, 6.07) is 4.96. The number of benzene rings is 1. The third-order valence-corrected chi connectivity index (χ3v) is 3.52. The van der Waals surface area contributed by atoms with Gasteiger partial charge < -0.3 is 14.7 Å². The largest absolute Gasteiger partial charge is 0.805 e. The van der Waals surface area contributed by atoms with Gasteiger partial charge in [0.05, 0.1) is 17.2 Å². The third-order valence-electron chi connectivity index (χ3n) is 3.52. The van der Waals surface area contributed by atoms with Crippen LogP contribution in [0, 0.1) is 10.1 Å². The van der Waals surface area contributed by atoms with Gasteiger partial charge in [0.15, 0.2) is 0 Å². The first-order valence-corrected chi connectivity index (χ1v) is 6.07. The van der Waals surface area contributed by atoms with Crippen molar-refractivity contribution < 1.29 is 9.16 Å². The molecule has 5 nitrogen and oxygen atoms in total. The van der Waals surface area contributed by atoms with Crippen molar-refractivity contribution in [2.75, 3.05) is 7.11 Å². The molecule has 3 rings (SSSR count). The van der Waals surface area contributed by atoms with Gasteiger partial charge in [0.2, 0.25) is 0 Å². The molecule has 0 unspecified atom stereocenters. The highest BCUT2D eigenvalue weighted by Crippen LogP contribution is 2.24. The standard InChI is InChI=1S/C13H14N2O3/c1-18-9-6-7-12-13(8-9)15(17)11-5-3-2-4-10(11)14(12)16/h6-8H,2-5H2,1H3. The summed E-state index contributed by atoms with van der Waals surface area (Å²) in [5.74, 6) is 0.586. The van der Waals surface area contributed by atoms with Gasteiger partial charge in [-0.1, -0.05) is 0 Å². The fraction of sp³-hybridized carbons (Fsp3) is 0.385. The Balaban J connectivity index is 2.40. The average molecular weight is 246 g/mol. The lowest BCUT2D eigenvalue weighted by Crippen LogP contribution is -2.30. The normalized spacial score (nSPS) is 14.5. The Bertz CT molecular complexity index is 676. The van der Waals surface area contributed by atoms with E-state index < -0.39 is 0 Å². The van der Waals surface area contributed by atoms with Crippen LogP contribution in [0.1, 0.15) is 24.2 Å². The molecule has 0 atom stereocenters. The van der Waals surface area contributed by atoms with Crippen LogP contribution in [0.15, 0.2) is 18.2 Å². The van der Waals surface area contributed by atoms with Crippen LogP contribution >= 0.6 is 0 Å². The summed E-state index contributed by atoms with van der Waals surface area (Å²) in [6.45, 7) is 0. The van der Waals surface area contributed by atoms with E-state index in [1.54, 1.807) is 25.3 Å². The van der Waals surface area contributed by atoms with Gasteiger partial charge in [-0.25, -0.2) is 0 Å². The van der Waals surface area contributed by atoms with Crippen LogP contribution in [0.3, 0.4) is 0 Å². The van der Waals surface area contributed by atoms with Gasteiger partial charge in [-0.15, -0.1) is 0 Å². The van der Waals surface area contributed by atoms with E-state index in [-0.39, 0.29) is 0 Å². The van der Waals surface area contributed by atoms with Gasteiger partial charge in [-0.05, 0) is 25.3 Å². The van der Waals surface area contributed by atoms with Gasteiger partial charge in [0.1, 0.15) is 11.3 Å². The number of ether oxygens (including phenoxy) is 1. The molecule has 0 amide bonds. The molecule has 1 heterocycles. The Kier molecular flexibility index (Phi) is 2.47. The van der Waals surface area contributed by atoms with Crippen molar-refractivity contribution >= 4 is 11.0 Å².